The molecule has 118 valence electrons. The molecule has 0 aliphatic rings. The molecule has 0 bridgehead atoms. The molecular weight excluding hydrogens is 282 g/mol. The molecule has 0 aliphatic carbocycles. The van der Waals surface area contributed by atoms with Crippen molar-refractivity contribution in [1.29, 1.82) is 0 Å². The minimum absolute atomic E-state index is 0.165. The maximum atomic E-state index is 11.2. The van der Waals surface area contributed by atoms with Crippen LogP contribution < -0.4 is 11.1 Å². The molecule has 22 heavy (non-hydrogen) atoms. The number of likely N-dealkylation sites (N-methyl/N-ethyl adjacent to an activating group) is 1. The highest BCUT2D eigenvalue weighted by Crippen LogP contribution is 2.23. The molecule has 1 atom stereocenters. The number of nitrogen functional groups attached to an aromatic ring is 1. The van der Waals surface area contributed by atoms with Crippen molar-refractivity contribution in [3.63, 3.8) is 0 Å². The Morgan fingerprint density at radius 1 is 1.41 bits per heavy atom. The van der Waals surface area contributed by atoms with E-state index in [0.29, 0.717) is 16.7 Å². The Balaban J connectivity index is 2.46. The maximum absolute atomic E-state index is 11.2. The van der Waals surface area contributed by atoms with Crippen molar-refractivity contribution in [3.8, 4) is 0 Å². The van der Waals surface area contributed by atoms with Gasteiger partial charge in [-0.1, -0.05) is 6.92 Å². The maximum Gasteiger partial charge on any atom is 0.335 e. The quantitative estimate of drug-likeness (QED) is 0.745. The molecular formula is C15H21N5O2. The summed E-state index contributed by atoms with van der Waals surface area (Å²) in [6.07, 6.45) is 0.905. The molecule has 1 aromatic heterocycles. The molecule has 7 nitrogen and oxygen atoms in total. The number of benzene rings is 1. The number of aromatic carboxylic acids is 1. The zero-order chi connectivity index (χ0) is 16.3. The largest absolute Gasteiger partial charge is 0.478 e. The number of carbonyl (C=O) groups is 1. The molecule has 0 saturated heterocycles. The fourth-order valence-corrected chi connectivity index (χ4v) is 2.30. The average molecular weight is 303 g/mol. The molecule has 1 aromatic carbocycles. The Bertz CT molecular complexity index is 687. The molecule has 2 aromatic rings. The van der Waals surface area contributed by atoms with Crippen LogP contribution in [0.25, 0.3) is 10.9 Å². The Morgan fingerprint density at radius 2 is 2.14 bits per heavy atom. The summed E-state index contributed by atoms with van der Waals surface area (Å²) >= 11 is 0. The Labute approximate surface area is 129 Å². The second-order valence-corrected chi connectivity index (χ2v) is 5.48. The average Bonchev–Trinajstić information content (AvgIpc) is 2.45. The van der Waals surface area contributed by atoms with E-state index in [4.69, 9.17) is 10.8 Å². The zero-order valence-corrected chi connectivity index (χ0v) is 13.0. The van der Waals surface area contributed by atoms with Crippen LogP contribution >= 0.6 is 0 Å². The fourth-order valence-electron chi connectivity index (χ4n) is 2.30. The van der Waals surface area contributed by atoms with Gasteiger partial charge < -0.3 is 21.1 Å². The number of hydrogen-bond acceptors (Lipinski definition) is 6. The van der Waals surface area contributed by atoms with E-state index in [0.717, 1.165) is 13.0 Å². The van der Waals surface area contributed by atoms with Gasteiger partial charge in [-0.05, 0) is 38.7 Å². The first-order chi connectivity index (χ1) is 10.4. The van der Waals surface area contributed by atoms with Gasteiger partial charge in [-0.3, -0.25) is 0 Å². The summed E-state index contributed by atoms with van der Waals surface area (Å²) in [6.45, 7) is 2.91. The lowest BCUT2D eigenvalue weighted by atomic mass is 10.1. The summed E-state index contributed by atoms with van der Waals surface area (Å²) in [5.41, 5.74) is 6.58. The Kier molecular flexibility index (Phi) is 4.77. The third kappa shape index (κ3) is 3.62. The van der Waals surface area contributed by atoms with Gasteiger partial charge in [-0.25, -0.2) is 9.78 Å². The highest BCUT2D eigenvalue weighted by molar-refractivity contribution is 5.97. The van der Waals surface area contributed by atoms with Crippen molar-refractivity contribution in [3.05, 3.63) is 23.8 Å². The second-order valence-electron chi connectivity index (χ2n) is 5.48. The van der Waals surface area contributed by atoms with E-state index in [-0.39, 0.29) is 17.6 Å². The van der Waals surface area contributed by atoms with E-state index in [1.54, 1.807) is 12.1 Å². The molecule has 0 amide bonds. The summed E-state index contributed by atoms with van der Waals surface area (Å²) in [7, 11) is 4.00. The topological polar surface area (TPSA) is 104 Å². The van der Waals surface area contributed by atoms with E-state index in [1.807, 2.05) is 14.1 Å². The van der Waals surface area contributed by atoms with Crippen molar-refractivity contribution >= 4 is 28.6 Å². The number of hydrogen-bond donors (Lipinski definition) is 3. The number of nitrogens with two attached hydrogens (primary N) is 1. The second kappa shape index (κ2) is 6.57. The van der Waals surface area contributed by atoms with Crippen LogP contribution in [0.15, 0.2) is 18.2 Å². The van der Waals surface area contributed by atoms with Crippen LogP contribution in [0.2, 0.25) is 0 Å². The molecule has 4 N–H and O–H groups in total. The van der Waals surface area contributed by atoms with Crippen LogP contribution in [-0.4, -0.2) is 52.6 Å². The summed E-state index contributed by atoms with van der Waals surface area (Å²) in [4.78, 5) is 21.6. The smallest absolute Gasteiger partial charge is 0.335 e. The predicted molar refractivity (Wildman–Crippen MR) is 87.2 cm³/mol. The monoisotopic (exact) mass is 303 g/mol. The van der Waals surface area contributed by atoms with Crippen LogP contribution in [0.5, 0.6) is 0 Å². The van der Waals surface area contributed by atoms with Crippen molar-refractivity contribution in [2.45, 2.75) is 19.4 Å². The van der Waals surface area contributed by atoms with Gasteiger partial charge in [0.1, 0.15) is 5.82 Å². The van der Waals surface area contributed by atoms with Gasteiger partial charge in [-0.15, -0.1) is 0 Å². The fraction of sp³-hybridized carbons (Fsp3) is 0.400. The SMILES string of the molecule is CCC(CN(C)C)Nc1nc(N)nc2ccc(C(=O)O)cc12. The molecule has 7 heteroatoms. The van der Waals surface area contributed by atoms with Gasteiger partial charge in [0, 0.05) is 18.0 Å². The van der Waals surface area contributed by atoms with Gasteiger partial charge >= 0.3 is 5.97 Å². The lowest BCUT2D eigenvalue weighted by molar-refractivity contribution is 0.0697. The predicted octanol–water partition coefficient (Wildman–Crippen LogP) is 1.66. The lowest BCUT2D eigenvalue weighted by Gasteiger charge is -2.22. The van der Waals surface area contributed by atoms with Gasteiger partial charge in [0.25, 0.3) is 0 Å². The van der Waals surface area contributed by atoms with Gasteiger partial charge in [0.2, 0.25) is 5.95 Å². The Morgan fingerprint density at radius 3 is 2.73 bits per heavy atom. The molecule has 0 radical (unpaired) electrons. The van der Waals surface area contributed by atoms with Crippen LogP contribution in [0.3, 0.4) is 0 Å². The first kappa shape index (κ1) is 16.0. The first-order valence-corrected chi connectivity index (χ1v) is 7.12. The number of anilines is 2. The van der Waals surface area contributed by atoms with E-state index in [1.165, 1.54) is 6.07 Å². The third-order valence-corrected chi connectivity index (χ3v) is 3.38. The number of nitrogens with zero attached hydrogens (tertiary/aromatic N) is 3. The molecule has 0 fully saturated rings. The molecule has 0 saturated carbocycles. The van der Waals surface area contributed by atoms with E-state index >= 15 is 0 Å². The number of aromatic nitrogens is 2. The lowest BCUT2D eigenvalue weighted by Crippen LogP contribution is -2.32. The van der Waals surface area contributed by atoms with Gasteiger partial charge in [0.15, 0.2) is 0 Å². The molecule has 0 aliphatic heterocycles. The molecule has 1 heterocycles. The summed E-state index contributed by atoms with van der Waals surface area (Å²) < 4.78 is 0. The summed E-state index contributed by atoms with van der Waals surface area (Å²) in [6, 6.07) is 4.91. The van der Waals surface area contributed by atoms with Crippen LogP contribution in [0.4, 0.5) is 11.8 Å². The number of carboxylic acid groups (broad SMARTS) is 1. The number of carboxylic acids is 1. The van der Waals surface area contributed by atoms with E-state index < -0.39 is 5.97 Å². The minimum atomic E-state index is -0.981. The number of rotatable bonds is 6. The van der Waals surface area contributed by atoms with Crippen LogP contribution in [-0.2, 0) is 0 Å². The normalized spacial score (nSPS) is 12.5. The standard InChI is InChI=1S/C15H21N5O2/c1-4-10(8-20(2)3)17-13-11-7-9(14(21)22)5-6-12(11)18-15(16)19-13/h5-7,10H,4,8H2,1-3H3,(H,21,22)(H3,16,17,18,19). The van der Waals surface area contributed by atoms with Crippen molar-refractivity contribution in [1.82, 2.24) is 14.9 Å². The van der Waals surface area contributed by atoms with Gasteiger partial charge in [-0.2, -0.15) is 4.98 Å². The number of fused-ring (bicyclic) bond motifs is 1. The minimum Gasteiger partial charge on any atom is -0.478 e. The molecule has 1 unspecified atom stereocenters. The third-order valence-electron chi connectivity index (χ3n) is 3.38. The van der Waals surface area contributed by atoms with Crippen molar-refractivity contribution in [2.75, 3.05) is 31.7 Å². The van der Waals surface area contributed by atoms with E-state index in [2.05, 4.69) is 27.1 Å². The molecule has 0 spiro atoms. The van der Waals surface area contributed by atoms with Gasteiger partial charge in [0.05, 0.1) is 11.1 Å². The highest BCUT2D eigenvalue weighted by Gasteiger charge is 2.14. The summed E-state index contributed by atoms with van der Waals surface area (Å²) in [5.74, 6) is -0.248. The van der Waals surface area contributed by atoms with E-state index in [9.17, 15) is 4.79 Å². The Hall–Kier alpha value is -2.41. The van der Waals surface area contributed by atoms with Crippen LogP contribution in [0, 0.1) is 0 Å². The number of nitrogens with one attached hydrogen (secondary N) is 1. The first-order valence-electron chi connectivity index (χ1n) is 7.12. The van der Waals surface area contributed by atoms with Crippen molar-refractivity contribution in [2.24, 2.45) is 0 Å². The van der Waals surface area contributed by atoms with Crippen molar-refractivity contribution < 1.29 is 9.90 Å². The molecule has 2 rings (SSSR count). The van der Waals surface area contributed by atoms with Crippen LogP contribution in [0.1, 0.15) is 23.7 Å². The summed E-state index contributed by atoms with van der Waals surface area (Å²) in [5, 5.41) is 13.1. The highest BCUT2D eigenvalue weighted by atomic mass is 16.4. The zero-order valence-electron chi connectivity index (χ0n) is 13.0.